The number of carbonyl (C=O) groups excluding carboxylic acids is 1. The van der Waals surface area contributed by atoms with Crippen LogP contribution in [0, 0.1) is 5.92 Å². The number of aromatic nitrogens is 2. The van der Waals surface area contributed by atoms with Crippen molar-refractivity contribution >= 4 is 17.5 Å². The number of nitrogens with one attached hydrogen (secondary N) is 2. The van der Waals surface area contributed by atoms with Gasteiger partial charge in [0.1, 0.15) is 0 Å². The molecule has 0 spiro atoms. The van der Waals surface area contributed by atoms with Crippen LogP contribution in [0.4, 0.5) is 16.2 Å². The van der Waals surface area contributed by atoms with Gasteiger partial charge in [0.15, 0.2) is 0 Å². The first-order valence-electron chi connectivity index (χ1n) is 8.34. The maximum absolute atomic E-state index is 11.7. The minimum atomic E-state index is -0.461. The van der Waals surface area contributed by atoms with Crippen LogP contribution in [0.1, 0.15) is 46.4 Å². The summed E-state index contributed by atoms with van der Waals surface area (Å²) in [6, 6.07) is 7.35. The molecule has 0 fully saturated rings. The molecule has 0 saturated heterocycles. The highest BCUT2D eigenvalue weighted by Crippen LogP contribution is 2.21. The highest BCUT2D eigenvalue weighted by molar-refractivity contribution is 5.85. The van der Waals surface area contributed by atoms with Gasteiger partial charge >= 0.3 is 6.09 Å². The summed E-state index contributed by atoms with van der Waals surface area (Å²) in [5.74, 6) is 1.42. The highest BCUT2D eigenvalue weighted by Gasteiger charge is 2.21. The molecular weight excluding hydrogens is 320 g/mol. The van der Waals surface area contributed by atoms with Crippen molar-refractivity contribution in [1.82, 2.24) is 10.2 Å². The molecule has 0 unspecified atom stereocenters. The Kier molecular flexibility index (Phi) is 6.01. The zero-order valence-corrected chi connectivity index (χ0v) is 15.4. The molecule has 0 radical (unpaired) electrons. The number of hydrogen-bond acceptors (Lipinski definition) is 6. The number of amides is 1. The first kappa shape index (κ1) is 18.8. The van der Waals surface area contributed by atoms with E-state index in [0.29, 0.717) is 36.5 Å². The Bertz CT molecular complexity index is 704. The maximum Gasteiger partial charge on any atom is 0.411 e. The Balaban J connectivity index is 1.91. The lowest BCUT2D eigenvalue weighted by atomic mass is 9.97. The average molecular weight is 346 g/mol. The standard InChI is InChI=1S/C18H26N4O3/c1-12(2)11-24-17(23)20-14-8-6-7-13(9-14)19-10-15-21-22-16(25-15)18(3,4)5/h6-9,12,19H,10-11H2,1-5H3,(H,20,23). The summed E-state index contributed by atoms with van der Waals surface area (Å²) < 4.78 is 10.8. The van der Waals surface area contributed by atoms with Crippen molar-refractivity contribution in [2.24, 2.45) is 5.92 Å². The molecule has 0 saturated carbocycles. The van der Waals surface area contributed by atoms with E-state index >= 15 is 0 Å². The molecule has 1 aromatic carbocycles. The lowest BCUT2D eigenvalue weighted by Crippen LogP contribution is -2.16. The van der Waals surface area contributed by atoms with E-state index in [2.05, 4.69) is 20.8 Å². The molecule has 0 bridgehead atoms. The number of carbonyl (C=O) groups is 1. The Morgan fingerprint density at radius 1 is 1.24 bits per heavy atom. The molecule has 2 N–H and O–H groups in total. The molecule has 25 heavy (non-hydrogen) atoms. The van der Waals surface area contributed by atoms with Crippen molar-refractivity contribution in [3.63, 3.8) is 0 Å². The summed E-state index contributed by atoms with van der Waals surface area (Å²) in [6.45, 7) is 10.8. The largest absolute Gasteiger partial charge is 0.449 e. The second-order valence-electron chi connectivity index (χ2n) is 7.30. The van der Waals surface area contributed by atoms with Crippen LogP contribution in [0.5, 0.6) is 0 Å². The molecular formula is C18H26N4O3. The number of ether oxygens (including phenoxy) is 1. The minimum Gasteiger partial charge on any atom is -0.449 e. The predicted octanol–water partition coefficient (Wildman–Crippen LogP) is 4.18. The molecule has 7 nitrogen and oxygen atoms in total. The molecule has 0 aliphatic rings. The summed E-state index contributed by atoms with van der Waals surface area (Å²) in [5.41, 5.74) is 1.31. The zero-order chi connectivity index (χ0) is 18.4. The lowest BCUT2D eigenvalue weighted by molar-refractivity contribution is 0.147. The van der Waals surface area contributed by atoms with E-state index in [9.17, 15) is 4.79 Å². The molecule has 0 aliphatic heterocycles. The van der Waals surface area contributed by atoms with E-state index in [-0.39, 0.29) is 5.41 Å². The van der Waals surface area contributed by atoms with Crippen LogP contribution in [-0.4, -0.2) is 22.9 Å². The normalized spacial score (nSPS) is 11.4. The van der Waals surface area contributed by atoms with Crippen molar-refractivity contribution in [3.05, 3.63) is 36.0 Å². The molecule has 136 valence electrons. The number of hydrogen-bond donors (Lipinski definition) is 2. The summed E-state index contributed by atoms with van der Waals surface area (Å²) in [6.07, 6.45) is -0.461. The van der Waals surface area contributed by atoms with Crippen LogP contribution in [0.15, 0.2) is 28.7 Å². The third kappa shape index (κ3) is 6.10. The van der Waals surface area contributed by atoms with Crippen LogP contribution in [0.2, 0.25) is 0 Å². The fourth-order valence-electron chi connectivity index (χ4n) is 1.91. The van der Waals surface area contributed by atoms with Crippen LogP contribution < -0.4 is 10.6 Å². The van der Waals surface area contributed by atoms with Gasteiger partial charge < -0.3 is 14.5 Å². The van der Waals surface area contributed by atoms with Crippen molar-refractivity contribution in [2.75, 3.05) is 17.2 Å². The highest BCUT2D eigenvalue weighted by atomic mass is 16.5. The topological polar surface area (TPSA) is 89.3 Å². The Labute approximate surface area is 148 Å². The van der Waals surface area contributed by atoms with E-state index in [4.69, 9.17) is 9.15 Å². The van der Waals surface area contributed by atoms with Gasteiger partial charge in [-0.1, -0.05) is 40.7 Å². The Morgan fingerprint density at radius 2 is 1.96 bits per heavy atom. The number of rotatable bonds is 6. The smallest absolute Gasteiger partial charge is 0.411 e. The van der Waals surface area contributed by atoms with E-state index < -0.39 is 6.09 Å². The Morgan fingerprint density at radius 3 is 2.60 bits per heavy atom. The lowest BCUT2D eigenvalue weighted by Gasteiger charge is -2.11. The van der Waals surface area contributed by atoms with Crippen LogP contribution in [0.3, 0.4) is 0 Å². The first-order chi connectivity index (χ1) is 11.7. The molecule has 0 aliphatic carbocycles. The van der Waals surface area contributed by atoms with Gasteiger partial charge in [0.2, 0.25) is 11.8 Å². The number of benzene rings is 1. The number of anilines is 2. The van der Waals surface area contributed by atoms with Gasteiger partial charge in [0.25, 0.3) is 0 Å². The molecule has 2 rings (SSSR count). The van der Waals surface area contributed by atoms with Crippen molar-refractivity contribution in [1.29, 1.82) is 0 Å². The third-order valence-corrected chi connectivity index (χ3v) is 3.21. The first-order valence-corrected chi connectivity index (χ1v) is 8.34. The average Bonchev–Trinajstić information content (AvgIpc) is 3.00. The van der Waals surface area contributed by atoms with Crippen molar-refractivity contribution in [3.8, 4) is 0 Å². The van der Waals surface area contributed by atoms with Gasteiger partial charge in [-0.15, -0.1) is 10.2 Å². The van der Waals surface area contributed by atoms with Crippen LogP contribution in [-0.2, 0) is 16.7 Å². The van der Waals surface area contributed by atoms with Crippen molar-refractivity contribution < 1.29 is 13.9 Å². The second-order valence-corrected chi connectivity index (χ2v) is 7.30. The zero-order valence-electron chi connectivity index (χ0n) is 15.4. The van der Waals surface area contributed by atoms with Gasteiger partial charge in [-0.25, -0.2) is 4.79 Å². The van der Waals surface area contributed by atoms with Crippen molar-refractivity contribution in [2.45, 2.75) is 46.6 Å². The van der Waals surface area contributed by atoms with E-state index in [1.165, 1.54) is 0 Å². The fraction of sp³-hybridized carbons (Fsp3) is 0.500. The summed E-state index contributed by atoms with van der Waals surface area (Å²) >= 11 is 0. The van der Waals surface area contributed by atoms with Gasteiger partial charge in [0.05, 0.1) is 13.2 Å². The minimum absolute atomic E-state index is 0.175. The van der Waals surface area contributed by atoms with Gasteiger partial charge in [-0.3, -0.25) is 5.32 Å². The van der Waals surface area contributed by atoms with Gasteiger partial charge in [-0.2, -0.15) is 0 Å². The fourth-order valence-corrected chi connectivity index (χ4v) is 1.91. The van der Waals surface area contributed by atoms with Crippen LogP contribution in [0.25, 0.3) is 0 Å². The van der Waals surface area contributed by atoms with Crippen LogP contribution >= 0.6 is 0 Å². The molecule has 1 heterocycles. The van der Waals surface area contributed by atoms with Gasteiger partial charge in [-0.05, 0) is 24.1 Å². The molecule has 1 aromatic heterocycles. The summed E-state index contributed by atoms with van der Waals surface area (Å²) in [5, 5.41) is 14.0. The Hall–Kier alpha value is -2.57. The monoisotopic (exact) mass is 346 g/mol. The quantitative estimate of drug-likeness (QED) is 0.815. The molecule has 0 atom stereocenters. The SMILES string of the molecule is CC(C)COC(=O)Nc1cccc(NCc2nnc(C(C)(C)C)o2)c1. The molecule has 1 amide bonds. The van der Waals surface area contributed by atoms with E-state index in [1.807, 2.05) is 52.8 Å². The van der Waals surface area contributed by atoms with Gasteiger partial charge in [0, 0.05) is 16.8 Å². The summed E-state index contributed by atoms with van der Waals surface area (Å²) in [4.78, 5) is 11.7. The number of nitrogens with zero attached hydrogens (tertiary/aromatic N) is 2. The van der Waals surface area contributed by atoms with E-state index in [1.54, 1.807) is 6.07 Å². The second kappa shape index (κ2) is 8.00. The summed E-state index contributed by atoms with van der Waals surface area (Å²) in [7, 11) is 0. The third-order valence-electron chi connectivity index (χ3n) is 3.21. The van der Waals surface area contributed by atoms with E-state index in [0.717, 1.165) is 5.69 Å². The maximum atomic E-state index is 11.7. The molecule has 2 aromatic rings. The molecule has 7 heteroatoms. The predicted molar refractivity (Wildman–Crippen MR) is 96.6 cm³/mol.